The summed E-state index contributed by atoms with van der Waals surface area (Å²) in [4.78, 5) is 19.5. The number of halogens is 1. The predicted octanol–water partition coefficient (Wildman–Crippen LogP) is 5.52. The highest BCUT2D eigenvalue weighted by molar-refractivity contribution is 7.99. The molecule has 0 saturated heterocycles. The lowest BCUT2D eigenvalue weighted by Gasteiger charge is -2.29. The first-order chi connectivity index (χ1) is 14.9. The maximum Gasteiger partial charge on any atom is 0.469 e. The van der Waals surface area contributed by atoms with Crippen LogP contribution < -0.4 is 10.5 Å². The summed E-state index contributed by atoms with van der Waals surface area (Å²) >= 11 is 7.87. The molecular formula is C22H31ClNO6PS. The van der Waals surface area contributed by atoms with E-state index < -0.39 is 13.4 Å². The van der Waals surface area contributed by atoms with Crippen molar-refractivity contribution in [2.45, 2.75) is 67.9 Å². The number of phosphoric acid groups is 1. The molecule has 0 aliphatic heterocycles. The number of phenolic OH excluding ortho intramolecular Hbond substituents is 1. The smallest absolute Gasteiger partial charge is 0.469 e. The zero-order chi connectivity index (χ0) is 23.9. The predicted molar refractivity (Wildman–Crippen MR) is 128 cm³/mol. The molecule has 0 spiro atoms. The summed E-state index contributed by atoms with van der Waals surface area (Å²) in [7, 11) is -4.58. The standard InChI is InChI=1S/C22H31ClNO6PS/c1-4-10-22(24,14-29-31(26,27)28)11-9-16-5-7-18(13-19(16)23)32-21-12-17(30-15(2)3)6-8-20(21)25/h5-8,12-13,15,25H,4,9-11,14,24H2,1-3H3,(H2,26,27,28)/t22-/m0/s1. The number of ether oxygens (including phenoxy) is 1. The first kappa shape index (κ1) is 27.0. The van der Waals surface area contributed by atoms with Crippen molar-refractivity contribution in [3.05, 3.63) is 47.0 Å². The summed E-state index contributed by atoms with van der Waals surface area (Å²) in [6.45, 7) is 5.60. The summed E-state index contributed by atoms with van der Waals surface area (Å²) in [6, 6.07) is 10.7. The van der Waals surface area contributed by atoms with Crippen molar-refractivity contribution >= 4 is 31.2 Å². The van der Waals surface area contributed by atoms with Crippen molar-refractivity contribution in [1.82, 2.24) is 0 Å². The molecule has 2 aromatic carbocycles. The Labute approximate surface area is 198 Å². The Bertz CT molecular complexity index is 954. The van der Waals surface area contributed by atoms with E-state index in [0.717, 1.165) is 16.9 Å². The van der Waals surface area contributed by atoms with Gasteiger partial charge in [0.2, 0.25) is 0 Å². The molecule has 0 fully saturated rings. The number of aryl methyl sites for hydroxylation is 1. The van der Waals surface area contributed by atoms with Crippen molar-refractivity contribution in [3.63, 3.8) is 0 Å². The minimum absolute atomic E-state index is 0.0283. The second-order valence-corrected chi connectivity index (χ2v) is 10.8. The molecule has 5 N–H and O–H groups in total. The van der Waals surface area contributed by atoms with E-state index in [-0.39, 0.29) is 18.5 Å². The van der Waals surface area contributed by atoms with Crippen LogP contribution in [-0.4, -0.2) is 33.1 Å². The third-order valence-electron chi connectivity index (χ3n) is 4.72. The third kappa shape index (κ3) is 8.94. The number of hydrogen-bond acceptors (Lipinski definition) is 6. The van der Waals surface area contributed by atoms with Crippen LogP contribution in [0.4, 0.5) is 0 Å². The molecule has 0 saturated carbocycles. The van der Waals surface area contributed by atoms with Crippen LogP contribution in [0.15, 0.2) is 46.2 Å². The molecule has 32 heavy (non-hydrogen) atoms. The van der Waals surface area contributed by atoms with Crippen LogP contribution in [-0.2, 0) is 15.5 Å². The highest BCUT2D eigenvalue weighted by Gasteiger charge is 2.28. The Morgan fingerprint density at radius 2 is 1.91 bits per heavy atom. The molecule has 178 valence electrons. The lowest BCUT2D eigenvalue weighted by Crippen LogP contribution is -2.44. The van der Waals surface area contributed by atoms with E-state index in [4.69, 9.17) is 31.9 Å². The van der Waals surface area contributed by atoms with Gasteiger partial charge in [0.05, 0.1) is 17.6 Å². The average molecular weight is 504 g/mol. The molecule has 2 aromatic rings. The SMILES string of the molecule is CCC[C@](N)(CCc1ccc(Sc2cc(OC(C)C)ccc2O)cc1Cl)COP(=O)(O)O. The normalized spacial score (nSPS) is 13.9. The van der Waals surface area contributed by atoms with Crippen LogP contribution in [0.1, 0.15) is 45.6 Å². The molecule has 7 nitrogen and oxygen atoms in total. The van der Waals surface area contributed by atoms with E-state index in [1.807, 2.05) is 39.0 Å². The van der Waals surface area contributed by atoms with Crippen molar-refractivity contribution in [1.29, 1.82) is 0 Å². The van der Waals surface area contributed by atoms with E-state index in [1.54, 1.807) is 18.2 Å². The van der Waals surface area contributed by atoms with Gasteiger partial charge in [0.15, 0.2) is 0 Å². The molecule has 0 bridgehead atoms. The summed E-state index contributed by atoms with van der Waals surface area (Å²) in [5.74, 6) is 0.833. The van der Waals surface area contributed by atoms with E-state index in [0.29, 0.717) is 34.9 Å². The second kappa shape index (κ2) is 11.7. The number of benzene rings is 2. The molecule has 2 rings (SSSR count). The molecule has 0 amide bonds. The number of hydrogen-bond donors (Lipinski definition) is 4. The molecule has 1 atom stereocenters. The van der Waals surface area contributed by atoms with E-state index in [1.165, 1.54) is 11.8 Å². The topological polar surface area (TPSA) is 122 Å². The third-order valence-corrected chi connectivity index (χ3v) is 6.57. The Morgan fingerprint density at radius 1 is 1.19 bits per heavy atom. The first-order valence-corrected chi connectivity index (χ1v) is 13.1. The van der Waals surface area contributed by atoms with Gasteiger partial charge in [0.25, 0.3) is 0 Å². The monoisotopic (exact) mass is 503 g/mol. The average Bonchev–Trinajstić information content (AvgIpc) is 2.68. The molecule has 10 heteroatoms. The van der Waals surface area contributed by atoms with E-state index in [9.17, 15) is 9.67 Å². The van der Waals surface area contributed by atoms with E-state index in [2.05, 4.69) is 4.52 Å². The lowest BCUT2D eigenvalue weighted by molar-refractivity contribution is 0.141. The highest BCUT2D eigenvalue weighted by Crippen LogP contribution is 2.39. The van der Waals surface area contributed by atoms with Gasteiger partial charge in [-0.05, 0) is 69.0 Å². The van der Waals surface area contributed by atoms with Gasteiger partial charge in [-0.15, -0.1) is 0 Å². The molecule has 0 heterocycles. The molecule has 0 aromatic heterocycles. The van der Waals surface area contributed by atoms with Crippen LogP contribution in [0.3, 0.4) is 0 Å². The Hall–Kier alpha value is -1.25. The van der Waals surface area contributed by atoms with Crippen molar-refractivity contribution < 1.29 is 28.7 Å². The second-order valence-electron chi connectivity index (χ2n) is 8.03. The summed E-state index contributed by atoms with van der Waals surface area (Å²) in [6.07, 6.45) is 2.34. The van der Waals surface area contributed by atoms with Crippen LogP contribution in [0.5, 0.6) is 11.5 Å². The molecule has 0 unspecified atom stereocenters. The number of phenols is 1. The van der Waals surface area contributed by atoms with Crippen LogP contribution in [0, 0.1) is 0 Å². The van der Waals surface area contributed by atoms with Crippen LogP contribution in [0.25, 0.3) is 0 Å². The zero-order valence-electron chi connectivity index (χ0n) is 18.5. The van der Waals surface area contributed by atoms with Crippen molar-refractivity contribution in [3.8, 4) is 11.5 Å². The Balaban J connectivity index is 2.09. The van der Waals surface area contributed by atoms with Gasteiger partial charge >= 0.3 is 7.82 Å². The molecule has 0 aliphatic carbocycles. The van der Waals surface area contributed by atoms with Gasteiger partial charge in [-0.3, -0.25) is 4.52 Å². The number of aromatic hydroxyl groups is 1. The minimum atomic E-state index is -4.58. The van der Waals surface area contributed by atoms with Gasteiger partial charge in [0.1, 0.15) is 11.5 Å². The number of phosphoric ester groups is 1. The largest absolute Gasteiger partial charge is 0.507 e. The maximum atomic E-state index is 11.1. The Kier molecular flexibility index (Phi) is 9.91. The fourth-order valence-corrected chi connectivity index (χ4v) is 4.89. The van der Waals surface area contributed by atoms with Gasteiger partial charge in [-0.1, -0.05) is 42.8 Å². The van der Waals surface area contributed by atoms with Gasteiger partial charge < -0.3 is 25.4 Å². The molecule has 0 radical (unpaired) electrons. The van der Waals surface area contributed by atoms with Crippen LogP contribution in [0.2, 0.25) is 5.02 Å². The lowest BCUT2D eigenvalue weighted by atomic mass is 9.89. The zero-order valence-corrected chi connectivity index (χ0v) is 20.9. The number of nitrogens with two attached hydrogens (primary N) is 1. The van der Waals surface area contributed by atoms with Crippen LogP contribution >= 0.6 is 31.2 Å². The number of rotatable bonds is 12. The summed E-state index contributed by atoms with van der Waals surface area (Å²) in [5.41, 5.74) is 6.36. The fraction of sp³-hybridized carbons (Fsp3) is 0.455. The van der Waals surface area contributed by atoms with Crippen molar-refractivity contribution in [2.24, 2.45) is 5.73 Å². The highest BCUT2D eigenvalue weighted by atomic mass is 35.5. The summed E-state index contributed by atoms with van der Waals surface area (Å²) < 4.78 is 21.4. The quantitative estimate of drug-likeness (QED) is 0.279. The van der Waals surface area contributed by atoms with Gasteiger partial charge in [-0.2, -0.15) is 0 Å². The first-order valence-electron chi connectivity index (χ1n) is 10.4. The Morgan fingerprint density at radius 3 is 2.50 bits per heavy atom. The molecule has 0 aliphatic rings. The van der Waals surface area contributed by atoms with Gasteiger partial charge in [-0.25, -0.2) is 4.57 Å². The maximum absolute atomic E-state index is 11.1. The minimum Gasteiger partial charge on any atom is -0.507 e. The van der Waals surface area contributed by atoms with E-state index >= 15 is 0 Å². The summed E-state index contributed by atoms with van der Waals surface area (Å²) in [5, 5.41) is 10.8. The van der Waals surface area contributed by atoms with Crippen molar-refractivity contribution in [2.75, 3.05) is 6.61 Å². The fourth-order valence-electron chi connectivity index (χ4n) is 3.21. The van der Waals surface area contributed by atoms with Gasteiger partial charge in [0, 0.05) is 15.5 Å². The molecular weight excluding hydrogens is 473 g/mol.